The van der Waals surface area contributed by atoms with Gasteiger partial charge in [-0.25, -0.2) is 4.57 Å². The lowest BCUT2D eigenvalue weighted by atomic mass is 9.86. The number of pyridine rings is 1. The predicted molar refractivity (Wildman–Crippen MR) is 148 cm³/mol. The van der Waals surface area contributed by atoms with Gasteiger partial charge in [0.2, 0.25) is 0 Å². The summed E-state index contributed by atoms with van der Waals surface area (Å²) in [5.74, 6) is 0. The van der Waals surface area contributed by atoms with Crippen LogP contribution in [0.4, 0.5) is 13.2 Å². The summed E-state index contributed by atoms with van der Waals surface area (Å²) < 4.78 is 45.3. The predicted octanol–water partition coefficient (Wildman–Crippen LogP) is 8.28. The summed E-state index contributed by atoms with van der Waals surface area (Å²) in [4.78, 5) is 4.68. The Morgan fingerprint density at radius 2 is 1.63 bits per heavy atom. The van der Waals surface area contributed by atoms with Crippen molar-refractivity contribution in [3.63, 3.8) is 0 Å². The Kier molecular flexibility index (Phi) is 4.48. The van der Waals surface area contributed by atoms with Gasteiger partial charge in [-0.3, -0.25) is 0 Å². The van der Waals surface area contributed by atoms with Gasteiger partial charge in [0.15, 0.2) is 5.52 Å². The van der Waals surface area contributed by atoms with Crippen molar-refractivity contribution >= 4 is 59.9 Å². The van der Waals surface area contributed by atoms with E-state index in [1.807, 2.05) is 30.1 Å². The van der Waals surface area contributed by atoms with Crippen molar-refractivity contribution in [3.8, 4) is 0 Å². The topological polar surface area (TPSA) is 21.2 Å². The normalized spacial score (nSPS) is 13.4. The van der Waals surface area contributed by atoms with E-state index in [1.54, 1.807) is 6.07 Å². The molecule has 7 rings (SSSR count). The summed E-state index contributed by atoms with van der Waals surface area (Å²) >= 11 is 0. The number of alkyl halides is 3. The van der Waals surface area contributed by atoms with Crippen molar-refractivity contribution in [2.45, 2.75) is 40.3 Å². The SMILES string of the molecule is Cc1c2cc(CC(C)(C)C)ccc2cc2c1c1c3c(ccc4c5cc(C(F)(F)F)ccc5n2c43)nc[n+]1C. The number of fused-ring (bicyclic) bond motifs is 7. The van der Waals surface area contributed by atoms with Gasteiger partial charge in [-0.15, -0.1) is 0 Å². The van der Waals surface area contributed by atoms with Crippen LogP contribution >= 0.6 is 0 Å². The average Bonchev–Trinajstić information content (AvgIpc) is 3.18. The van der Waals surface area contributed by atoms with Crippen LogP contribution in [0.3, 0.4) is 0 Å². The van der Waals surface area contributed by atoms with Crippen LogP contribution in [0.1, 0.15) is 37.5 Å². The van der Waals surface area contributed by atoms with Crippen molar-refractivity contribution in [1.29, 1.82) is 0 Å². The van der Waals surface area contributed by atoms with E-state index in [4.69, 9.17) is 0 Å². The highest BCUT2D eigenvalue weighted by molar-refractivity contribution is 6.27. The minimum absolute atomic E-state index is 0.170. The van der Waals surface area contributed by atoms with E-state index in [-0.39, 0.29) is 5.41 Å². The molecule has 0 saturated heterocycles. The first kappa shape index (κ1) is 23.2. The zero-order valence-electron chi connectivity index (χ0n) is 22.0. The summed E-state index contributed by atoms with van der Waals surface area (Å²) in [6.45, 7) is 8.89. The number of halogens is 3. The quantitative estimate of drug-likeness (QED) is 0.124. The summed E-state index contributed by atoms with van der Waals surface area (Å²) in [5, 5.41) is 5.78. The van der Waals surface area contributed by atoms with Crippen LogP contribution in [-0.4, -0.2) is 9.38 Å². The van der Waals surface area contributed by atoms with Crippen LogP contribution in [0.25, 0.3) is 59.9 Å². The molecule has 0 unspecified atom stereocenters. The fourth-order valence-corrected chi connectivity index (χ4v) is 6.35. The smallest absolute Gasteiger partial charge is 0.308 e. The molecule has 190 valence electrons. The molecule has 0 aliphatic heterocycles. The second kappa shape index (κ2) is 7.34. The molecule has 0 radical (unpaired) electrons. The molecule has 0 spiro atoms. The molecule has 0 fully saturated rings. The maximum absolute atomic E-state index is 13.7. The molecule has 6 heteroatoms. The van der Waals surface area contributed by atoms with Crippen LogP contribution in [0.5, 0.6) is 0 Å². The lowest BCUT2D eigenvalue weighted by Gasteiger charge is -2.19. The highest BCUT2D eigenvalue weighted by Gasteiger charge is 2.32. The minimum atomic E-state index is -4.41. The highest BCUT2D eigenvalue weighted by atomic mass is 19.4. The van der Waals surface area contributed by atoms with Crippen molar-refractivity contribution < 1.29 is 17.7 Å². The van der Waals surface area contributed by atoms with Crippen molar-refractivity contribution in [2.75, 3.05) is 0 Å². The van der Waals surface area contributed by atoms with Crippen LogP contribution in [0, 0.1) is 12.3 Å². The number of benzene rings is 4. The highest BCUT2D eigenvalue weighted by Crippen LogP contribution is 2.43. The third-order valence-corrected chi connectivity index (χ3v) is 7.85. The molecule has 3 aromatic heterocycles. The fourth-order valence-electron chi connectivity index (χ4n) is 6.35. The Morgan fingerprint density at radius 1 is 0.842 bits per heavy atom. The van der Waals surface area contributed by atoms with Gasteiger partial charge in [0, 0.05) is 16.2 Å². The van der Waals surface area contributed by atoms with Crippen LogP contribution in [0.15, 0.2) is 60.9 Å². The first-order valence-corrected chi connectivity index (χ1v) is 12.8. The maximum atomic E-state index is 13.7. The fraction of sp³-hybridized carbons (Fsp3) is 0.250. The van der Waals surface area contributed by atoms with E-state index in [2.05, 4.69) is 61.3 Å². The number of hydrogen-bond donors (Lipinski definition) is 0. The molecule has 0 amide bonds. The van der Waals surface area contributed by atoms with Crippen LogP contribution in [-0.2, 0) is 19.6 Å². The van der Waals surface area contributed by atoms with Gasteiger partial charge >= 0.3 is 6.18 Å². The summed E-state index contributed by atoms with van der Waals surface area (Å²) in [6, 6.07) is 16.8. The lowest BCUT2D eigenvalue weighted by Crippen LogP contribution is -2.30. The Morgan fingerprint density at radius 3 is 2.37 bits per heavy atom. The molecular weight excluding hydrogens is 483 g/mol. The monoisotopic (exact) mass is 510 g/mol. The second-order valence-electron chi connectivity index (χ2n) is 11.8. The van der Waals surface area contributed by atoms with Crippen LogP contribution in [0.2, 0.25) is 0 Å². The molecule has 0 bridgehead atoms. The number of aromatic nitrogens is 3. The Labute approximate surface area is 217 Å². The molecule has 7 aromatic rings. The first-order valence-electron chi connectivity index (χ1n) is 12.8. The van der Waals surface area contributed by atoms with Crippen molar-refractivity contribution in [1.82, 2.24) is 9.38 Å². The van der Waals surface area contributed by atoms with E-state index < -0.39 is 11.7 Å². The number of hydrogen-bond acceptors (Lipinski definition) is 1. The standard InChI is InChI=1S/C32H27F3N3/c1-17-22-12-18(15-31(2,3)4)6-7-19(22)13-26-27(17)30-28-24(36-16-37(30)5)10-9-21-23-14-20(32(33,34)35)8-11-25(23)38(26)29(21)28/h6-14,16H,15H2,1-5H3/q+1. The third kappa shape index (κ3) is 3.15. The van der Waals surface area contributed by atoms with E-state index >= 15 is 0 Å². The van der Waals surface area contributed by atoms with E-state index in [1.165, 1.54) is 23.1 Å². The van der Waals surface area contributed by atoms with E-state index in [0.29, 0.717) is 5.39 Å². The van der Waals surface area contributed by atoms with Crippen molar-refractivity contribution in [2.24, 2.45) is 12.5 Å². The summed E-state index contributed by atoms with van der Waals surface area (Å²) in [6.07, 6.45) is -1.61. The molecule has 0 aliphatic carbocycles. The Hall–Kier alpha value is -3.93. The van der Waals surface area contributed by atoms with Gasteiger partial charge in [-0.05, 0) is 82.0 Å². The number of aryl methyl sites for hydroxylation is 2. The van der Waals surface area contributed by atoms with Crippen molar-refractivity contribution in [3.05, 3.63) is 77.6 Å². The zero-order valence-corrected chi connectivity index (χ0v) is 22.0. The minimum Gasteiger partial charge on any atom is -0.308 e. The molecular formula is C32H27F3N3+. The van der Waals surface area contributed by atoms with Gasteiger partial charge in [0.25, 0.3) is 6.33 Å². The van der Waals surface area contributed by atoms with Gasteiger partial charge in [0.05, 0.1) is 34.5 Å². The molecule has 3 nitrogen and oxygen atoms in total. The molecule has 4 aromatic carbocycles. The largest absolute Gasteiger partial charge is 0.416 e. The molecule has 38 heavy (non-hydrogen) atoms. The molecule has 3 heterocycles. The zero-order chi connectivity index (χ0) is 26.7. The molecule has 0 atom stereocenters. The molecule has 0 aliphatic rings. The summed E-state index contributed by atoms with van der Waals surface area (Å²) in [5.41, 5.74) is 6.52. The molecule has 0 N–H and O–H groups in total. The second-order valence-corrected chi connectivity index (χ2v) is 11.8. The third-order valence-electron chi connectivity index (χ3n) is 7.85. The summed E-state index contributed by atoms with van der Waals surface area (Å²) in [7, 11) is 1.99. The van der Waals surface area contributed by atoms with Crippen LogP contribution < -0.4 is 4.57 Å². The Bertz CT molecular complexity index is 2090. The first-order chi connectivity index (χ1) is 17.9. The van der Waals surface area contributed by atoms with Gasteiger partial charge in [-0.2, -0.15) is 13.2 Å². The lowest BCUT2D eigenvalue weighted by molar-refractivity contribution is -0.646. The van der Waals surface area contributed by atoms with E-state index in [9.17, 15) is 13.2 Å². The number of nitrogens with zero attached hydrogens (tertiary/aromatic N) is 3. The van der Waals surface area contributed by atoms with Gasteiger partial charge in [-0.1, -0.05) is 39.0 Å². The molecule has 0 saturated carbocycles. The Balaban J connectivity index is 1.73. The maximum Gasteiger partial charge on any atom is 0.416 e. The average molecular weight is 511 g/mol. The van der Waals surface area contributed by atoms with Gasteiger partial charge < -0.3 is 4.40 Å². The van der Waals surface area contributed by atoms with Gasteiger partial charge in [0.1, 0.15) is 5.52 Å². The number of rotatable bonds is 1. The van der Waals surface area contributed by atoms with E-state index in [0.717, 1.165) is 61.1 Å².